The Labute approximate surface area is 210 Å². The summed E-state index contributed by atoms with van der Waals surface area (Å²) in [4.78, 5) is 28.5. The lowest BCUT2D eigenvalue weighted by molar-refractivity contribution is 0.0690. The Hall–Kier alpha value is -3.77. The van der Waals surface area contributed by atoms with Crippen LogP contribution in [-0.2, 0) is 0 Å². The normalized spacial score (nSPS) is 16.3. The van der Waals surface area contributed by atoms with Crippen molar-refractivity contribution in [2.45, 2.75) is 19.9 Å². The summed E-state index contributed by atoms with van der Waals surface area (Å²) in [7, 11) is 1.99. The van der Waals surface area contributed by atoms with Crippen molar-refractivity contribution in [3.63, 3.8) is 0 Å². The predicted octanol–water partition coefficient (Wildman–Crippen LogP) is 3.18. The van der Waals surface area contributed by atoms with Gasteiger partial charge in [-0.2, -0.15) is 0 Å². The number of aromatic carboxylic acids is 1. The number of nitrogens with two attached hydrogens (primary N) is 1. The molecule has 2 heterocycles. The van der Waals surface area contributed by atoms with Crippen LogP contribution < -0.4 is 16.0 Å². The number of hydrogen-bond acceptors (Lipinski definition) is 7. The summed E-state index contributed by atoms with van der Waals surface area (Å²) in [5.74, 6) is -3.41. The third-order valence-corrected chi connectivity index (χ3v) is 6.75. The smallest absolute Gasteiger partial charge is 0.358 e. The van der Waals surface area contributed by atoms with Gasteiger partial charge in [-0.05, 0) is 33.0 Å². The molecule has 13 heteroatoms. The highest BCUT2D eigenvalue weighted by molar-refractivity contribution is 6.35. The summed E-state index contributed by atoms with van der Waals surface area (Å²) in [6.45, 7) is 5.28. The van der Waals surface area contributed by atoms with Gasteiger partial charge in [-0.15, -0.1) is 5.10 Å². The van der Waals surface area contributed by atoms with Crippen LogP contribution in [0.2, 0.25) is 5.02 Å². The Morgan fingerprint density at radius 1 is 1.22 bits per heavy atom. The van der Waals surface area contributed by atoms with Gasteiger partial charge >= 0.3 is 5.97 Å². The first-order valence-corrected chi connectivity index (χ1v) is 11.4. The molecule has 1 fully saturated rings. The number of halogens is 3. The van der Waals surface area contributed by atoms with E-state index in [9.17, 15) is 14.0 Å². The molecule has 1 aliphatic rings. The molecule has 190 valence electrons. The fraction of sp³-hybridized carbons (Fsp3) is 0.304. The Bertz CT molecular complexity index is 1360. The van der Waals surface area contributed by atoms with Crippen LogP contribution in [0, 0.1) is 18.6 Å². The van der Waals surface area contributed by atoms with Gasteiger partial charge in [0.15, 0.2) is 17.3 Å². The summed E-state index contributed by atoms with van der Waals surface area (Å²) < 4.78 is 30.4. The number of carboxylic acid groups (broad SMARTS) is 1. The second kappa shape index (κ2) is 9.70. The van der Waals surface area contributed by atoms with E-state index in [1.165, 1.54) is 19.1 Å². The summed E-state index contributed by atoms with van der Waals surface area (Å²) in [5.41, 5.74) is 5.57. The average molecular weight is 520 g/mol. The number of anilines is 3. The number of carbonyl (C=O) groups excluding carboxylic acids is 1. The molecule has 1 unspecified atom stereocenters. The number of nitrogens with zero attached hydrogens (tertiary/aromatic N) is 5. The highest BCUT2D eigenvalue weighted by Crippen LogP contribution is 2.34. The number of benzene rings is 2. The predicted molar refractivity (Wildman–Crippen MR) is 131 cm³/mol. The first-order chi connectivity index (χ1) is 17.0. The van der Waals surface area contributed by atoms with Gasteiger partial charge in [0.2, 0.25) is 0 Å². The topological polar surface area (TPSA) is 130 Å². The van der Waals surface area contributed by atoms with Crippen LogP contribution in [0.3, 0.4) is 0 Å². The molecule has 1 aromatic heterocycles. The Morgan fingerprint density at radius 2 is 1.94 bits per heavy atom. The molecule has 0 saturated carbocycles. The molecular formula is C23H24ClF2N7O3. The first kappa shape index (κ1) is 25.3. The number of amides is 1. The standard InChI is InChI=1S/C23H24ClF2N7O3/c1-11-9-32(5-4-31(11)3)19-7-14(25)18(33-10-17(23(35)36)29-30-33)8-16(19)28-22(34)13-6-15(27)21(26)12(2)20(13)24/h6-8,10-11H,4-5,9,27H2,1-3H3,(H,28,34)(H,35,36). The van der Waals surface area contributed by atoms with Crippen molar-refractivity contribution < 1.29 is 23.5 Å². The molecule has 4 N–H and O–H groups in total. The fourth-order valence-corrected chi connectivity index (χ4v) is 4.21. The van der Waals surface area contributed by atoms with Crippen molar-refractivity contribution >= 4 is 40.5 Å². The van der Waals surface area contributed by atoms with Crippen LogP contribution in [0.25, 0.3) is 5.69 Å². The van der Waals surface area contributed by atoms with E-state index in [1.807, 2.05) is 18.9 Å². The minimum Gasteiger partial charge on any atom is -0.476 e. The van der Waals surface area contributed by atoms with E-state index in [-0.39, 0.29) is 44.9 Å². The monoisotopic (exact) mass is 519 g/mol. The van der Waals surface area contributed by atoms with E-state index in [0.29, 0.717) is 25.3 Å². The second-order valence-corrected chi connectivity index (χ2v) is 9.05. The third kappa shape index (κ3) is 4.69. The second-order valence-electron chi connectivity index (χ2n) is 8.67. The number of rotatable bonds is 5. The van der Waals surface area contributed by atoms with Crippen molar-refractivity contribution in [3.8, 4) is 5.69 Å². The van der Waals surface area contributed by atoms with Crippen molar-refractivity contribution in [1.29, 1.82) is 0 Å². The highest BCUT2D eigenvalue weighted by Gasteiger charge is 2.26. The van der Waals surface area contributed by atoms with E-state index in [2.05, 4.69) is 20.5 Å². The van der Waals surface area contributed by atoms with E-state index < -0.39 is 23.5 Å². The van der Waals surface area contributed by atoms with Gasteiger partial charge < -0.3 is 26.0 Å². The van der Waals surface area contributed by atoms with Crippen molar-refractivity contribution in [2.24, 2.45) is 0 Å². The number of aromatic nitrogens is 3. The zero-order valence-electron chi connectivity index (χ0n) is 19.7. The van der Waals surface area contributed by atoms with Gasteiger partial charge in [-0.1, -0.05) is 16.8 Å². The first-order valence-electron chi connectivity index (χ1n) is 11.0. The molecule has 36 heavy (non-hydrogen) atoms. The largest absolute Gasteiger partial charge is 0.476 e. The third-order valence-electron chi connectivity index (χ3n) is 6.27. The Kier molecular flexibility index (Phi) is 6.83. The molecule has 0 bridgehead atoms. The molecule has 0 aliphatic carbocycles. The number of nitrogens with one attached hydrogen (secondary N) is 1. The van der Waals surface area contributed by atoms with Crippen LogP contribution in [0.1, 0.15) is 33.3 Å². The Balaban J connectivity index is 1.79. The molecule has 0 radical (unpaired) electrons. The maximum Gasteiger partial charge on any atom is 0.358 e. The SMILES string of the molecule is Cc1c(F)c(N)cc(C(=O)Nc2cc(-n3cc(C(=O)O)nn3)c(F)cc2N2CCN(C)C(C)C2)c1Cl. The van der Waals surface area contributed by atoms with Gasteiger partial charge in [-0.25, -0.2) is 18.3 Å². The summed E-state index contributed by atoms with van der Waals surface area (Å²) in [5, 5.41) is 19.0. The molecule has 1 atom stereocenters. The molecule has 1 amide bonds. The maximum absolute atomic E-state index is 15.3. The number of hydrogen-bond donors (Lipinski definition) is 3. The quantitative estimate of drug-likeness (QED) is 0.438. The van der Waals surface area contributed by atoms with E-state index in [0.717, 1.165) is 16.9 Å². The zero-order chi connectivity index (χ0) is 26.3. The lowest BCUT2D eigenvalue weighted by atomic mass is 10.1. The van der Waals surface area contributed by atoms with Gasteiger partial charge in [0.1, 0.15) is 5.69 Å². The van der Waals surface area contributed by atoms with Crippen LogP contribution in [0.4, 0.5) is 25.8 Å². The molecule has 2 aromatic carbocycles. The molecule has 3 aromatic rings. The molecular weight excluding hydrogens is 496 g/mol. The van der Waals surface area contributed by atoms with Crippen LogP contribution in [0.5, 0.6) is 0 Å². The number of nitrogen functional groups attached to an aromatic ring is 1. The zero-order valence-corrected chi connectivity index (χ0v) is 20.5. The maximum atomic E-state index is 15.3. The van der Waals surface area contributed by atoms with Crippen LogP contribution in [-0.4, -0.2) is 69.6 Å². The van der Waals surface area contributed by atoms with Gasteiger partial charge in [0.05, 0.1) is 33.8 Å². The fourth-order valence-electron chi connectivity index (χ4n) is 3.99. The summed E-state index contributed by atoms with van der Waals surface area (Å²) >= 11 is 6.23. The van der Waals surface area contributed by atoms with Crippen LogP contribution in [0.15, 0.2) is 24.4 Å². The molecule has 4 rings (SSSR count). The van der Waals surface area contributed by atoms with E-state index in [1.54, 1.807) is 0 Å². The van der Waals surface area contributed by atoms with E-state index >= 15 is 4.39 Å². The number of carbonyl (C=O) groups is 2. The van der Waals surface area contributed by atoms with Crippen LogP contribution >= 0.6 is 11.6 Å². The lowest BCUT2D eigenvalue weighted by Crippen LogP contribution is -2.50. The molecule has 10 nitrogen and oxygen atoms in total. The minimum atomic E-state index is -1.32. The number of likely N-dealkylation sites (N-methyl/N-ethyl adjacent to an activating group) is 1. The van der Waals surface area contributed by atoms with E-state index in [4.69, 9.17) is 22.4 Å². The van der Waals surface area contributed by atoms with Gasteiger partial charge in [-0.3, -0.25) is 4.79 Å². The van der Waals surface area contributed by atoms with Crippen molar-refractivity contribution in [2.75, 3.05) is 42.6 Å². The van der Waals surface area contributed by atoms with Crippen molar-refractivity contribution in [3.05, 3.63) is 57.9 Å². The minimum absolute atomic E-state index is 0.0264. The summed E-state index contributed by atoms with van der Waals surface area (Å²) in [6.07, 6.45) is 1.06. The Morgan fingerprint density at radius 3 is 2.58 bits per heavy atom. The lowest BCUT2D eigenvalue weighted by Gasteiger charge is -2.39. The highest BCUT2D eigenvalue weighted by atomic mass is 35.5. The summed E-state index contributed by atoms with van der Waals surface area (Å²) in [6, 6.07) is 3.88. The number of carboxylic acids is 1. The van der Waals surface area contributed by atoms with Crippen molar-refractivity contribution in [1.82, 2.24) is 19.9 Å². The van der Waals surface area contributed by atoms with Gasteiger partial charge in [0, 0.05) is 37.3 Å². The average Bonchev–Trinajstić information content (AvgIpc) is 3.33. The van der Waals surface area contributed by atoms with Gasteiger partial charge in [0.25, 0.3) is 5.91 Å². The molecule has 1 saturated heterocycles. The molecule has 0 spiro atoms. The molecule has 1 aliphatic heterocycles. The number of piperazine rings is 1.